The summed E-state index contributed by atoms with van der Waals surface area (Å²) in [6, 6.07) is 0. The lowest BCUT2D eigenvalue weighted by molar-refractivity contribution is -0.161. The molecule has 3 N–H and O–H groups in total. The largest absolute Gasteiger partial charge is 0.472 e. The van der Waals surface area contributed by atoms with Gasteiger partial charge in [-0.3, -0.25) is 37.3 Å². The number of aliphatic hydroxyl groups excluding tert-OH is 1. The molecule has 19 heteroatoms. The van der Waals surface area contributed by atoms with Crippen LogP contribution in [0.15, 0.2) is 0 Å². The standard InChI is InChI=1S/C66H128O17P2/c1-8-10-11-12-13-14-15-16-17-21-24-33-40-47-63(68)76-53-61(82-65(70)49-42-35-25-22-19-18-20-23-30-37-44-57(3)4)55-80-84(72,73)78-51-60(67)52-79-85(74,75)81-56-62(54-77-64(69)48-41-34-28-26-31-38-45-58(5)6)83-66(71)50-43-36-29-27-32-39-46-59(7)9-2/h57-62,67H,8-56H2,1-7H3,(H,72,73)(H,74,75)/t59?,60-,61-,62-/m1/s1. The molecule has 0 saturated carbocycles. The Kier molecular flexibility index (Phi) is 55.9. The summed E-state index contributed by atoms with van der Waals surface area (Å²) in [6.07, 6.45) is 39.1. The first-order valence-corrected chi connectivity index (χ1v) is 37.4. The first-order valence-electron chi connectivity index (χ1n) is 34.4. The zero-order chi connectivity index (χ0) is 63.1. The summed E-state index contributed by atoms with van der Waals surface area (Å²) in [6.45, 7) is 11.7. The molecule has 0 aromatic rings. The maximum atomic E-state index is 13.0. The quantitative estimate of drug-likeness (QED) is 0.0222. The van der Waals surface area contributed by atoms with E-state index in [2.05, 4.69) is 48.5 Å². The number of phosphoric ester groups is 2. The predicted molar refractivity (Wildman–Crippen MR) is 340 cm³/mol. The van der Waals surface area contributed by atoms with E-state index in [0.29, 0.717) is 31.6 Å². The molecule has 504 valence electrons. The SMILES string of the molecule is CCCCCCCCCCCCCCCC(=O)OC[C@H](COP(=O)(O)OC[C@@H](O)COP(=O)(O)OC[C@@H](COC(=O)CCCCCCCCC(C)C)OC(=O)CCCCCCCCC(C)CC)OC(=O)CCCCCCCCCCCCC(C)C. The van der Waals surface area contributed by atoms with Crippen LogP contribution in [0.25, 0.3) is 0 Å². The van der Waals surface area contributed by atoms with Crippen molar-refractivity contribution in [1.82, 2.24) is 0 Å². The molecule has 0 aromatic carbocycles. The fraction of sp³-hybridized carbons (Fsp3) is 0.939. The van der Waals surface area contributed by atoms with Crippen molar-refractivity contribution in [1.29, 1.82) is 0 Å². The average Bonchev–Trinajstić information content (AvgIpc) is 3.52. The maximum Gasteiger partial charge on any atom is 0.472 e. The normalized spacial score (nSPS) is 14.6. The van der Waals surface area contributed by atoms with Crippen LogP contribution in [0.1, 0.15) is 325 Å². The summed E-state index contributed by atoms with van der Waals surface area (Å²) >= 11 is 0. The molecular formula is C66H128O17P2. The van der Waals surface area contributed by atoms with Gasteiger partial charge in [-0.2, -0.15) is 0 Å². The van der Waals surface area contributed by atoms with Crippen molar-refractivity contribution in [3.8, 4) is 0 Å². The van der Waals surface area contributed by atoms with Gasteiger partial charge < -0.3 is 33.8 Å². The van der Waals surface area contributed by atoms with E-state index in [-0.39, 0.29) is 25.7 Å². The van der Waals surface area contributed by atoms with E-state index in [1.807, 2.05) is 0 Å². The van der Waals surface area contributed by atoms with Gasteiger partial charge in [-0.1, -0.05) is 273 Å². The molecule has 3 unspecified atom stereocenters. The highest BCUT2D eigenvalue weighted by molar-refractivity contribution is 7.47. The molecule has 0 heterocycles. The summed E-state index contributed by atoms with van der Waals surface area (Å²) in [5.74, 6) is 0.0156. The molecule has 0 aliphatic rings. The minimum Gasteiger partial charge on any atom is -0.462 e. The smallest absolute Gasteiger partial charge is 0.462 e. The second kappa shape index (κ2) is 57.2. The third kappa shape index (κ3) is 59.5. The summed E-state index contributed by atoms with van der Waals surface area (Å²) in [4.78, 5) is 72.3. The zero-order valence-electron chi connectivity index (χ0n) is 55.1. The van der Waals surface area contributed by atoms with Gasteiger partial charge in [-0.25, -0.2) is 9.13 Å². The van der Waals surface area contributed by atoms with Gasteiger partial charge >= 0.3 is 39.5 Å². The van der Waals surface area contributed by atoms with Gasteiger partial charge in [-0.15, -0.1) is 0 Å². The van der Waals surface area contributed by atoms with E-state index in [9.17, 15) is 43.2 Å². The summed E-state index contributed by atoms with van der Waals surface area (Å²) in [5.41, 5.74) is 0. The average molecular weight is 1260 g/mol. The second-order valence-corrected chi connectivity index (χ2v) is 28.0. The molecule has 0 aliphatic carbocycles. The van der Waals surface area contributed by atoms with Crippen molar-refractivity contribution in [2.24, 2.45) is 17.8 Å². The van der Waals surface area contributed by atoms with Gasteiger partial charge in [0.1, 0.15) is 19.3 Å². The van der Waals surface area contributed by atoms with Gasteiger partial charge in [0.05, 0.1) is 26.4 Å². The van der Waals surface area contributed by atoms with Crippen molar-refractivity contribution in [3.63, 3.8) is 0 Å². The summed E-state index contributed by atoms with van der Waals surface area (Å²) < 4.78 is 68.1. The van der Waals surface area contributed by atoms with Crippen LogP contribution in [0.5, 0.6) is 0 Å². The van der Waals surface area contributed by atoms with Gasteiger partial charge in [0, 0.05) is 25.7 Å². The Hall–Kier alpha value is -1.94. The molecular weight excluding hydrogens is 1130 g/mol. The molecule has 0 fully saturated rings. The van der Waals surface area contributed by atoms with Crippen LogP contribution < -0.4 is 0 Å². The number of hydrogen-bond acceptors (Lipinski definition) is 15. The number of aliphatic hydroxyl groups is 1. The highest BCUT2D eigenvalue weighted by Gasteiger charge is 2.30. The Labute approximate surface area is 517 Å². The van der Waals surface area contributed by atoms with Crippen molar-refractivity contribution >= 4 is 39.5 Å². The van der Waals surface area contributed by atoms with E-state index in [4.69, 9.17) is 37.0 Å². The highest BCUT2D eigenvalue weighted by Crippen LogP contribution is 2.45. The molecule has 6 atom stereocenters. The van der Waals surface area contributed by atoms with Crippen LogP contribution >= 0.6 is 15.6 Å². The molecule has 0 aliphatic heterocycles. The van der Waals surface area contributed by atoms with E-state index in [0.717, 1.165) is 108 Å². The Morgan fingerprint density at radius 1 is 0.341 bits per heavy atom. The van der Waals surface area contributed by atoms with Crippen LogP contribution in [-0.4, -0.2) is 96.7 Å². The fourth-order valence-corrected chi connectivity index (χ4v) is 11.4. The van der Waals surface area contributed by atoms with Gasteiger partial charge in [-0.05, 0) is 43.4 Å². The van der Waals surface area contributed by atoms with Crippen LogP contribution in [0.2, 0.25) is 0 Å². The summed E-state index contributed by atoms with van der Waals surface area (Å²) in [5, 5.41) is 10.5. The van der Waals surface area contributed by atoms with Crippen LogP contribution in [0.4, 0.5) is 0 Å². The Morgan fingerprint density at radius 3 is 0.894 bits per heavy atom. The molecule has 0 amide bonds. The number of unbranched alkanes of at least 4 members (excludes halogenated alkanes) is 31. The molecule has 85 heavy (non-hydrogen) atoms. The second-order valence-electron chi connectivity index (χ2n) is 25.1. The summed E-state index contributed by atoms with van der Waals surface area (Å²) in [7, 11) is -9.89. The zero-order valence-corrected chi connectivity index (χ0v) is 56.9. The number of carbonyl (C=O) groups is 4. The molecule has 0 radical (unpaired) electrons. The lowest BCUT2D eigenvalue weighted by Gasteiger charge is -2.21. The van der Waals surface area contributed by atoms with Crippen molar-refractivity contribution in [3.05, 3.63) is 0 Å². The number of carbonyl (C=O) groups excluding carboxylic acids is 4. The minimum atomic E-state index is -4.95. The van der Waals surface area contributed by atoms with Crippen LogP contribution in [-0.2, 0) is 65.4 Å². The minimum absolute atomic E-state index is 0.102. The first-order chi connectivity index (χ1) is 40.8. The predicted octanol–water partition coefficient (Wildman–Crippen LogP) is 18.3. The Balaban J connectivity index is 5.25. The molecule has 0 bridgehead atoms. The lowest BCUT2D eigenvalue weighted by atomic mass is 10.00. The lowest BCUT2D eigenvalue weighted by Crippen LogP contribution is -2.30. The maximum absolute atomic E-state index is 13.0. The monoisotopic (exact) mass is 1250 g/mol. The van der Waals surface area contributed by atoms with E-state index in [1.165, 1.54) is 128 Å². The van der Waals surface area contributed by atoms with Gasteiger partial charge in [0.2, 0.25) is 0 Å². The number of phosphoric acid groups is 2. The number of ether oxygens (including phenoxy) is 4. The Morgan fingerprint density at radius 2 is 0.600 bits per heavy atom. The Bertz CT molecular complexity index is 1680. The van der Waals surface area contributed by atoms with Crippen LogP contribution in [0, 0.1) is 17.8 Å². The topological polar surface area (TPSA) is 237 Å². The first kappa shape index (κ1) is 83.1. The van der Waals surface area contributed by atoms with Crippen LogP contribution in [0.3, 0.4) is 0 Å². The van der Waals surface area contributed by atoms with Crippen molar-refractivity contribution in [2.45, 2.75) is 343 Å². The third-order valence-electron chi connectivity index (χ3n) is 15.5. The van der Waals surface area contributed by atoms with E-state index in [1.54, 1.807) is 0 Å². The molecule has 0 saturated heterocycles. The molecule has 0 spiro atoms. The molecule has 17 nitrogen and oxygen atoms in total. The third-order valence-corrected chi connectivity index (χ3v) is 17.4. The number of esters is 4. The van der Waals surface area contributed by atoms with E-state index >= 15 is 0 Å². The molecule has 0 aromatic heterocycles. The highest BCUT2D eigenvalue weighted by atomic mass is 31.2. The van der Waals surface area contributed by atoms with Gasteiger partial charge in [0.15, 0.2) is 12.2 Å². The fourth-order valence-electron chi connectivity index (χ4n) is 9.80. The molecule has 0 rings (SSSR count). The van der Waals surface area contributed by atoms with Crippen molar-refractivity contribution < 1.29 is 80.2 Å². The number of hydrogen-bond donors (Lipinski definition) is 3. The van der Waals surface area contributed by atoms with Gasteiger partial charge in [0.25, 0.3) is 0 Å². The number of rotatable bonds is 64. The van der Waals surface area contributed by atoms with E-state index < -0.39 is 97.5 Å². The van der Waals surface area contributed by atoms with Crippen molar-refractivity contribution in [2.75, 3.05) is 39.6 Å².